The number of aryl methyl sites for hydroxylation is 1. The van der Waals surface area contributed by atoms with Gasteiger partial charge < -0.3 is 5.73 Å². The number of aromatic amines is 1. The Morgan fingerprint density at radius 2 is 2.24 bits per heavy atom. The molecule has 1 heterocycles. The van der Waals surface area contributed by atoms with Crippen molar-refractivity contribution in [3.8, 4) is 11.3 Å². The number of H-pyrrole nitrogens is 1. The van der Waals surface area contributed by atoms with E-state index in [1.165, 1.54) is 10.7 Å². The van der Waals surface area contributed by atoms with Crippen LogP contribution in [0.1, 0.15) is 5.56 Å². The van der Waals surface area contributed by atoms with Gasteiger partial charge in [-0.25, -0.2) is 4.39 Å². The summed E-state index contributed by atoms with van der Waals surface area (Å²) in [5.41, 5.74) is 6.43. The van der Waals surface area contributed by atoms with Crippen LogP contribution in [-0.2, 0) is 13.6 Å². The van der Waals surface area contributed by atoms with Gasteiger partial charge in [0.1, 0.15) is 5.82 Å². The third-order valence-corrected chi connectivity index (χ3v) is 3.04. The van der Waals surface area contributed by atoms with E-state index in [4.69, 9.17) is 5.73 Å². The van der Waals surface area contributed by atoms with E-state index in [2.05, 4.69) is 21.0 Å². The normalized spacial score (nSPS) is 10.8. The van der Waals surface area contributed by atoms with E-state index < -0.39 is 5.82 Å². The number of hydrogen-bond acceptors (Lipinski definition) is 2. The smallest absolute Gasteiger partial charge is 0.271 e. The molecule has 4 nitrogen and oxygen atoms in total. The van der Waals surface area contributed by atoms with Crippen LogP contribution in [0.15, 0.2) is 27.5 Å². The number of rotatable bonds is 2. The van der Waals surface area contributed by atoms with Crippen molar-refractivity contribution in [3.05, 3.63) is 44.4 Å². The van der Waals surface area contributed by atoms with Crippen molar-refractivity contribution < 1.29 is 4.39 Å². The molecule has 0 saturated carbocycles. The van der Waals surface area contributed by atoms with Gasteiger partial charge in [0.15, 0.2) is 0 Å². The first-order chi connectivity index (χ1) is 8.04. The van der Waals surface area contributed by atoms with Gasteiger partial charge in [0.25, 0.3) is 5.56 Å². The maximum atomic E-state index is 13.7. The molecule has 0 saturated heterocycles. The molecule has 0 aliphatic heterocycles. The Bertz CT molecular complexity index is 618. The lowest BCUT2D eigenvalue weighted by atomic mass is 10.1. The molecule has 0 aliphatic carbocycles. The fourth-order valence-electron chi connectivity index (χ4n) is 1.70. The standard InChI is InChI=1S/C11H11BrFN3O/c1-16-11(17)8(5-14)10(15-16)7-4-6(12)2-3-9(7)13/h2-4,15H,5,14H2,1H3. The topological polar surface area (TPSA) is 63.8 Å². The number of nitrogens with zero attached hydrogens (tertiary/aromatic N) is 1. The summed E-state index contributed by atoms with van der Waals surface area (Å²) < 4.78 is 15.7. The van der Waals surface area contributed by atoms with Crippen LogP contribution < -0.4 is 11.3 Å². The Hall–Kier alpha value is -1.40. The molecule has 0 aliphatic rings. The molecule has 3 N–H and O–H groups in total. The van der Waals surface area contributed by atoms with E-state index in [9.17, 15) is 9.18 Å². The van der Waals surface area contributed by atoms with Crippen molar-refractivity contribution in [1.82, 2.24) is 9.78 Å². The van der Waals surface area contributed by atoms with Gasteiger partial charge in [-0.1, -0.05) is 15.9 Å². The second-order valence-electron chi connectivity index (χ2n) is 3.66. The van der Waals surface area contributed by atoms with Gasteiger partial charge in [0.05, 0.1) is 11.3 Å². The van der Waals surface area contributed by atoms with E-state index in [0.717, 1.165) is 4.47 Å². The van der Waals surface area contributed by atoms with Crippen LogP contribution in [0.2, 0.25) is 0 Å². The fraction of sp³-hybridized carbons (Fsp3) is 0.182. The molecule has 1 aromatic heterocycles. The van der Waals surface area contributed by atoms with Gasteiger partial charge in [-0.05, 0) is 18.2 Å². The average Bonchev–Trinajstić information content (AvgIpc) is 2.58. The number of halogens is 2. The predicted molar refractivity (Wildman–Crippen MR) is 67.0 cm³/mol. The van der Waals surface area contributed by atoms with E-state index >= 15 is 0 Å². The Morgan fingerprint density at radius 3 is 2.88 bits per heavy atom. The van der Waals surface area contributed by atoms with Gasteiger partial charge in [-0.15, -0.1) is 0 Å². The van der Waals surface area contributed by atoms with Crippen molar-refractivity contribution >= 4 is 15.9 Å². The number of hydrogen-bond donors (Lipinski definition) is 2. The van der Waals surface area contributed by atoms with Crippen molar-refractivity contribution in [2.24, 2.45) is 12.8 Å². The minimum Gasteiger partial charge on any atom is -0.326 e. The van der Waals surface area contributed by atoms with Crippen molar-refractivity contribution in [2.45, 2.75) is 6.54 Å². The van der Waals surface area contributed by atoms with Crippen LogP contribution in [0.4, 0.5) is 4.39 Å². The predicted octanol–water partition coefficient (Wildman–Crippen LogP) is 1.74. The van der Waals surface area contributed by atoms with Gasteiger partial charge in [0, 0.05) is 23.6 Å². The maximum Gasteiger partial charge on any atom is 0.271 e. The molecular weight excluding hydrogens is 289 g/mol. The summed E-state index contributed by atoms with van der Waals surface area (Å²) in [6, 6.07) is 4.55. The van der Waals surface area contributed by atoms with Gasteiger partial charge in [-0.2, -0.15) is 0 Å². The molecule has 0 unspecified atom stereocenters. The molecule has 0 bridgehead atoms. The van der Waals surface area contributed by atoms with Gasteiger partial charge in [0.2, 0.25) is 0 Å². The molecule has 0 amide bonds. The van der Waals surface area contributed by atoms with E-state index in [0.29, 0.717) is 16.8 Å². The van der Waals surface area contributed by atoms with E-state index in [-0.39, 0.29) is 12.1 Å². The maximum absolute atomic E-state index is 13.7. The summed E-state index contributed by atoms with van der Waals surface area (Å²) in [5.74, 6) is -0.398. The molecule has 0 fully saturated rings. The Morgan fingerprint density at radius 1 is 1.53 bits per heavy atom. The summed E-state index contributed by atoms with van der Waals surface area (Å²) in [6.45, 7) is 0.0669. The van der Waals surface area contributed by atoms with E-state index in [1.807, 2.05) is 0 Å². The van der Waals surface area contributed by atoms with Crippen LogP contribution in [0.5, 0.6) is 0 Å². The second-order valence-corrected chi connectivity index (χ2v) is 4.57. The first-order valence-electron chi connectivity index (χ1n) is 4.98. The Labute approximate surface area is 105 Å². The summed E-state index contributed by atoms with van der Waals surface area (Å²) in [4.78, 5) is 11.7. The highest BCUT2D eigenvalue weighted by molar-refractivity contribution is 9.10. The summed E-state index contributed by atoms with van der Waals surface area (Å²) in [6.07, 6.45) is 0. The molecule has 0 atom stereocenters. The lowest BCUT2D eigenvalue weighted by Crippen LogP contribution is -2.17. The van der Waals surface area contributed by atoms with Gasteiger partial charge in [-0.3, -0.25) is 14.6 Å². The minimum atomic E-state index is -0.398. The molecule has 1 aromatic carbocycles. The second kappa shape index (κ2) is 4.46. The number of nitrogens with one attached hydrogen (secondary N) is 1. The van der Waals surface area contributed by atoms with Crippen LogP contribution in [0, 0.1) is 5.82 Å². The molecule has 17 heavy (non-hydrogen) atoms. The SMILES string of the molecule is Cn1[nH]c(-c2cc(Br)ccc2F)c(CN)c1=O. The van der Waals surface area contributed by atoms with Crippen molar-refractivity contribution in [2.75, 3.05) is 0 Å². The third-order valence-electron chi connectivity index (χ3n) is 2.55. The molecule has 2 aromatic rings. The van der Waals surface area contributed by atoms with Crippen LogP contribution in [0.3, 0.4) is 0 Å². The Kier molecular flexibility index (Phi) is 3.17. The molecule has 0 spiro atoms. The average molecular weight is 300 g/mol. The van der Waals surface area contributed by atoms with Crippen LogP contribution in [0.25, 0.3) is 11.3 Å². The zero-order chi connectivity index (χ0) is 12.6. The fourth-order valence-corrected chi connectivity index (χ4v) is 2.06. The first kappa shape index (κ1) is 12.1. The monoisotopic (exact) mass is 299 g/mol. The lowest BCUT2D eigenvalue weighted by Gasteiger charge is -2.03. The summed E-state index contributed by atoms with van der Waals surface area (Å²) in [5, 5.41) is 2.81. The molecule has 6 heteroatoms. The number of aromatic nitrogens is 2. The number of benzene rings is 1. The zero-order valence-corrected chi connectivity index (χ0v) is 10.7. The highest BCUT2D eigenvalue weighted by Crippen LogP contribution is 2.26. The first-order valence-corrected chi connectivity index (χ1v) is 5.77. The summed E-state index contributed by atoms with van der Waals surface area (Å²) >= 11 is 3.27. The van der Waals surface area contributed by atoms with Crippen molar-refractivity contribution in [1.29, 1.82) is 0 Å². The lowest BCUT2D eigenvalue weighted by molar-refractivity contribution is 0.629. The molecule has 2 rings (SSSR count). The zero-order valence-electron chi connectivity index (χ0n) is 9.13. The van der Waals surface area contributed by atoms with Crippen LogP contribution in [-0.4, -0.2) is 9.78 Å². The quantitative estimate of drug-likeness (QED) is 0.887. The van der Waals surface area contributed by atoms with Gasteiger partial charge >= 0.3 is 0 Å². The highest BCUT2D eigenvalue weighted by Gasteiger charge is 2.16. The van der Waals surface area contributed by atoms with Crippen molar-refractivity contribution in [3.63, 3.8) is 0 Å². The molecule has 0 radical (unpaired) electrons. The Balaban J connectivity index is 2.72. The third kappa shape index (κ3) is 2.05. The van der Waals surface area contributed by atoms with E-state index in [1.54, 1.807) is 19.2 Å². The largest absolute Gasteiger partial charge is 0.326 e. The number of nitrogens with two attached hydrogens (primary N) is 1. The molecular formula is C11H11BrFN3O. The minimum absolute atomic E-state index is 0.0669. The van der Waals surface area contributed by atoms with Crippen LogP contribution >= 0.6 is 15.9 Å². The molecule has 90 valence electrons. The summed E-state index contributed by atoms with van der Waals surface area (Å²) in [7, 11) is 1.57. The highest BCUT2D eigenvalue weighted by atomic mass is 79.9.